The van der Waals surface area contributed by atoms with Crippen molar-refractivity contribution in [3.05, 3.63) is 0 Å². The van der Waals surface area contributed by atoms with Crippen LogP contribution in [0.1, 0.15) is 84.5 Å². The van der Waals surface area contributed by atoms with Crippen LogP contribution in [-0.2, 0) is 9.59 Å². The first-order chi connectivity index (χ1) is 10.0. The number of carboxylic acids is 1. The van der Waals surface area contributed by atoms with Crippen molar-refractivity contribution in [2.45, 2.75) is 90.5 Å². The highest BCUT2D eigenvalue weighted by Gasteiger charge is 2.38. The number of hydrogen-bond donors (Lipinski definition) is 2. The second-order valence-electron chi connectivity index (χ2n) is 6.65. The SMILES string of the molecule is CCCCC(CCC)NC(=O)CC1(CC(=O)O)CCCC1. The van der Waals surface area contributed by atoms with Crippen LogP contribution in [0.25, 0.3) is 0 Å². The summed E-state index contributed by atoms with van der Waals surface area (Å²) >= 11 is 0. The van der Waals surface area contributed by atoms with Crippen LogP contribution < -0.4 is 5.32 Å². The zero-order chi connectivity index (χ0) is 15.7. The van der Waals surface area contributed by atoms with Crippen molar-refractivity contribution in [3.8, 4) is 0 Å². The average molecular weight is 297 g/mol. The standard InChI is InChI=1S/C17H31NO3/c1-3-5-9-14(8-4-2)18-15(19)12-17(13-16(20)21)10-6-7-11-17/h14H,3-13H2,1-2H3,(H,18,19)(H,20,21). The fraction of sp³-hybridized carbons (Fsp3) is 0.882. The molecule has 4 nitrogen and oxygen atoms in total. The van der Waals surface area contributed by atoms with E-state index in [-0.39, 0.29) is 23.8 Å². The number of unbranched alkanes of at least 4 members (excludes halogenated alkanes) is 1. The minimum Gasteiger partial charge on any atom is -0.481 e. The molecule has 2 N–H and O–H groups in total. The van der Waals surface area contributed by atoms with Gasteiger partial charge in [-0.15, -0.1) is 0 Å². The molecule has 122 valence electrons. The maximum atomic E-state index is 12.3. The molecule has 1 aliphatic carbocycles. The van der Waals surface area contributed by atoms with Crippen LogP contribution in [0.5, 0.6) is 0 Å². The van der Waals surface area contributed by atoms with E-state index < -0.39 is 5.97 Å². The van der Waals surface area contributed by atoms with Crippen molar-refractivity contribution in [1.29, 1.82) is 0 Å². The lowest BCUT2D eigenvalue weighted by Crippen LogP contribution is -2.38. The van der Waals surface area contributed by atoms with E-state index in [1.54, 1.807) is 0 Å². The van der Waals surface area contributed by atoms with E-state index >= 15 is 0 Å². The number of carboxylic acid groups (broad SMARTS) is 1. The molecule has 1 fully saturated rings. The summed E-state index contributed by atoms with van der Waals surface area (Å²) in [4.78, 5) is 23.4. The van der Waals surface area contributed by atoms with Gasteiger partial charge in [0.2, 0.25) is 5.91 Å². The molecule has 0 aliphatic heterocycles. The first kappa shape index (κ1) is 18.0. The van der Waals surface area contributed by atoms with Gasteiger partial charge in [-0.2, -0.15) is 0 Å². The first-order valence-corrected chi connectivity index (χ1v) is 8.52. The fourth-order valence-corrected chi connectivity index (χ4v) is 3.57. The highest BCUT2D eigenvalue weighted by molar-refractivity contribution is 5.78. The topological polar surface area (TPSA) is 66.4 Å². The van der Waals surface area contributed by atoms with Crippen LogP contribution >= 0.6 is 0 Å². The van der Waals surface area contributed by atoms with E-state index in [2.05, 4.69) is 19.2 Å². The van der Waals surface area contributed by atoms with Crippen LogP contribution in [0.4, 0.5) is 0 Å². The van der Waals surface area contributed by atoms with Gasteiger partial charge in [0.05, 0.1) is 6.42 Å². The number of carbonyl (C=O) groups excluding carboxylic acids is 1. The fourth-order valence-electron chi connectivity index (χ4n) is 3.57. The van der Waals surface area contributed by atoms with E-state index in [9.17, 15) is 9.59 Å². The normalized spacial score (nSPS) is 18.4. The molecule has 0 saturated heterocycles. The average Bonchev–Trinajstić information content (AvgIpc) is 2.83. The summed E-state index contributed by atoms with van der Waals surface area (Å²) in [6, 6.07) is 0.255. The molecule has 1 aliphatic rings. The lowest BCUT2D eigenvalue weighted by Gasteiger charge is -2.28. The zero-order valence-electron chi connectivity index (χ0n) is 13.6. The zero-order valence-corrected chi connectivity index (χ0v) is 13.6. The van der Waals surface area contributed by atoms with Crippen LogP contribution in [0.15, 0.2) is 0 Å². The molecular formula is C17H31NO3. The van der Waals surface area contributed by atoms with E-state index in [1.807, 2.05) is 0 Å². The Morgan fingerprint density at radius 3 is 2.29 bits per heavy atom. The molecular weight excluding hydrogens is 266 g/mol. The van der Waals surface area contributed by atoms with Gasteiger partial charge >= 0.3 is 5.97 Å². The van der Waals surface area contributed by atoms with Gasteiger partial charge in [0.1, 0.15) is 0 Å². The number of carbonyl (C=O) groups is 2. The summed E-state index contributed by atoms with van der Waals surface area (Å²) in [6.45, 7) is 4.29. The predicted octanol–water partition coefficient (Wildman–Crippen LogP) is 3.89. The summed E-state index contributed by atoms with van der Waals surface area (Å²) in [5.74, 6) is -0.728. The van der Waals surface area contributed by atoms with Crippen LogP contribution in [0.3, 0.4) is 0 Å². The van der Waals surface area contributed by atoms with Crippen molar-refractivity contribution in [1.82, 2.24) is 5.32 Å². The van der Waals surface area contributed by atoms with Gasteiger partial charge in [0.25, 0.3) is 0 Å². The highest BCUT2D eigenvalue weighted by Crippen LogP contribution is 2.44. The summed E-state index contributed by atoms with van der Waals surface area (Å²) < 4.78 is 0. The van der Waals surface area contributed by atoms with Crippen molar-refractivity contribution < 1.29 is 14.7 Å². The lowest BCUT2D eigenvalue weighted by molar-refractivity contribution is -0.140. The van der Waals surface area contributed by atoms with Gasteiger partial charge in [-0.3, -0.25) is 9.59 Å². The third-order valence-electron chi connectivity index (χ3n) is 4.63. The van der Waals surface area contributed by atoms with Gasteiger partial charge in [0.15, 0.2) is 0 Å². The molecule has 0 bridgehead atoms. The second kappa shape index (κ2) is 9.06. The molecule has 1 atom stereocenters. The molecule has 4 heteroatoms. The summed E-state index contributed by atoms with van der Waals surface area (Å²) in [6.07, 6.45) is 9.74. The minimum absolute atomic E-state index is 0.0488. The Morgan fingerprint density at radius 2 is 1.76 bits per heavy atom. The van der Waals surface area contributed by atoms with Crippen molar-refractivity contribution in [2.24, 2.45) is 5.41 Å². The molecule has 21 heavy (non-hydrogen) atoms. The Morgan fingerprint density at radius 1 is 1.10 bits per heavy atom. The van der Waals surface area contributed by atoms with Crippen LogP contribution in [-0.4, -0.2) is 23.0 Å². The molecule has 1 amide bonds. The Balaban J connectivity index is 2.53. The Bertz CT molecular complexity index is 335. The number of aliphatic carboxylic acids is 1. The van der Waals surface area contributed by atoms with Crippen LogP contribution in [0.2, 0.25) is 0 Å². The van der Waals surface area contributed by atoms with E-state index in [0.29, 0.717) is 6.42 Å². The number of amides is 1. The largest absolute Gasteiger partial charge is 0.481 e. The molecule has 1 unspecified atom stereocenters. The molecule has 0 aromatic carbocycles. The number of hydrogen-bond acceptors (Lipinski definition) is 2. The predicted molar refractivity (Wildman–Crippen MR) is 84.1 cm³/mol. The number of nitrogens with one attached hydrogen (secondary N) is 1. The quantitative estimate of drug-likeness (QED) is 0.643. The second-order valence-corrected chi connectivity index (χ2v) is 6.65. The van der Waals surface area contributed by atoms with Gasteiger partial charge < -0.3 is 10.4 Å². The van der Waals surface area contributed by atoms with E-state index in [4.69, 9.17) is 5.11 Å². The summed E-state index contributed by atoms with van der Waals surface area (Å²) in [5.41, 5.74) is -0.294. The van der Waals surface area contributed by atoms with Crippen molar-refractivity contribution in [2.75, 3.05) is 0 Å². The van der Waals surface area contributed by atoms with Crippen molar-refractivity contribution in [3.63, 3.8) is 0 Å². The Labute approximate surface area is 128 Å². The minimum atomic E-state index is -0.777. The van der Waals surface area contributed by atoms with E-state index in [0.717, 1.165) is 57.8 Å². The maximum Gasteiger partial charge on any atom is 0.303 e. The van der Waals surface area contributed by atoms with E-state index in [1.165, 1.54) is 0 Å². The molecule has 1 saturated carbocycles. The Kier molecular flexibility index (Phi) is 7.76. The third kappa shape index (κ3) is 6.49. The summed E-state index contributed by atoms with van der Waals surface area (Å²) in [5, 5.41) is 12.2. The van der Waals surface area contributed by atoms with Crippen LogP contribution in [0, 0.1) is 5.41 Å². The molecule has 1 rings (SSSR count). The van der Waals surface area contributed by atoms with Gasteiger partial charge in [-0.1, -0.05) is 46.0 Å². The Hall–Kier alpha value is -1.06. The summed E-state index contributed by atoms with van der Waals surface area (Å²) in [7, 11) is 0. The third-order valence-corrected chi connectivity index (χ3v) is 4.63. The molecule has 0 aromatic rings. The van der Waals surface area contributed by atoms with Gasteiger partial charge in [-0.25, -0.2) is 0 Å². The molecule has 0 heterocycles. The molecule has 0 radical (unpaired) electrons. The van der Waals surface area contributed by atoms with Gasteiger partial charge in [-0.05, 0) is 31.1 Å². The lowest BCUT2D eigenvalue weighted by atomic mass is 9.79. The smallest absolute Gasteiger partial charge is 0.303 e. The molecule has 0 spiro atoms. The first-order valence-electron chi connectivity index (χ1n) is 8.52. The highest BCUT2D eigenvalue weighted by atomic mass is 16.4. The molecule has 0 aromatic heterocycles. The maximum absolute atomic E-state index is 12.3. The number of rotatable bonds is 10. The van der Waals surface area contributed by atoms with Gasteiger partial charge in [0, 0.05) is 12.5 Å². The van der Waals surface area contributed by atoms with Crippen molar-refractivity contribution >= 4 is 11.9 Å². The monoisotopic (exact) mass is 297 g/mol.